The van der Waals surface area contributed by atoms with Crippen molar-refractivity contribution < 1.29 is 14.7 Å². The molecule has 20 heavy (non-hydrogen) atoms. The van der Waals surface area contributed by atoms with Crippen LogP contribution < -0.4 is 10.6 Å². The Labute approximate surface area is 120 Å². The van der Waals surface area contributed by atoms with Crippen LogP contribution in [0.2, 0.25) is 0 Å². The van der Waals surface area contributed by atoms with Gasteiger partial charge in [-0.05, 0) is 45.1 Å². The minimum atomic E-state index is -1.04. The minimum absolute atomic E-state index is 0.0558. The van der Waals surface area contributed by atoms with E-state index in [-0.39, 0.29) is 11.8 Å². The van der Waals surface area contributed by atoms with E-state index in [1.807, 2.05) is 0 Å². The summed E-state index contributed by atoms with van der Waals surface area (Å²) in [5, 5.41) is 15.8. The lowest BCUT2D eigenvalue weighted by Gasteiger charge is -2.38. The molecule has 4 atom stereocenters. The summed E-state index contributed by atoms with van der Waals surface area (Å²) in [6, 6.07) is 0.325. The molecule has 2 aliphatic rings. The van der Waals surface area contributed by atoms with Gasteiger partial charge in [-0.2, -0.15) is 0 Å². The molecule has 114 valence electrons. The highest BCUT2D eigenvalue weighted by Gasteiger charge is 2.44. The van der Waals surface area contributed by atoms with Crippen molar-refractivity contribution in [1.29, 1.82) is 0 Å². The van der Waals surface area contributed by atoms with Gasteiger partial charge in [0.25, 0.3) is 0 Å². The Morgan fingerprint density at radius 1 is 1.30 bits per heavy atom. The maximum atomic E-state index is 12.4. The first kappa shape index (κ1) is 15.3. The van der Waals surface area contributed by atoms with E-state index in [2.05, 4.69) is 24.5 Å². The lowest BCUT2D eigenvalue weighted by molar-refractivity contribution is -0.151. The largest absolute Gasteiger partial charge is 0.480 e. The maximum Gasteiger partial charge on any atom is 0.329 e. The third kappa shape index (κ3) is 3.32. The van der Waals surface area contributed by atoms with Crippen LogP contribution in [0.25, 0.3) is 0 Å². The third-order valence-electron chi connectivity index (χ3n) is 4.76. The number of amides is 1. The van der Waals surface area contributed by atoms with Crippen molar-refractivity contribution in [3.63, 3.8) is 0 Å². The number of nitrogens with one attached hydrogen (secondary N) is 2. The van der Waals surface area contributed by atoms with Gasteiger partial charge in [0.1, 0.15) is 5.54 Å². The molecule has 2 fully saturated rings. The summed E-state index contributed by atoms with van der Waals surface area (Å²) in [5.41, 5.74) is -1.04. The lowest BCUT2D eigenvalue weighted by Crippen LogP contribution is -2.58. The van der Waals surface area contributed by atoms with Crippen molar-refractivity contribution in [3.05, 3.63) is 0 Å². The first-order chi connectivity index (χ1) is 9.43. The average molecular weight is 282 g/mol. The molecule has 0 aromatic carbocycles. The smallest absolute Gasteiger partial charge is 0.329 e. The quantitative estimate of drug-likeness (QED) is 0.733. The van der Waals surface area contributed by atoms with Crippen LogP contribution in [0.15, 0.2) is 0 Å². The number of carboxylic acid groups (broad SMARTS) is 1. The number of piperidine rings is 1. The van der Waals surface area contributed by atoms with Crippen LogP contribution in [0.5, 0.6) is 0 Å². The molecule has 1 aliphatic carbocycles. The monoisotopic (exact) mass is 282 g/mol. The van der Waals surface area contributed by atoms with Gasteiger partial charge in [0.15, 0.2) is 0 Å². The number of rotatable bonds is 3. The van der Waals surface area contributed by atoms with Crippen LogP contribution >= 0.6 is 0 Å². The van der Waals surface area contributed by atoms with E-state index in [0.717, 1.165) is 32.2 Å². The van der Waals surface area contributed by atoms with E-state index >= 15 is 0 Å². The van der Waals surface area contributed by atoms with Crippen LogP contribution in [0, 0.1) is 11.8 Å². The van der Waals surface area contributed by atoms with Gasteiger partial charge < -0.3 is 15.7 Å². The summed E-state index contributed by atoms with van der Waals surface area (Å²) < 4.78 is 0. The molecule has 0 aromatic rings. The Morgan fingerprint density at radius 3 is 2.65 bits per heavy atom. The van der Waals surface area contributed by atoms with E-state index in [0.29, 0.717) is 24.8 Å². The molecule has 0 radical (unpaired) electrons. The second-order valence-electron chi connectivity index (χ2n) is 6.65. The molecular weight excluding hydrogens is 256 g/mol. The summed E-state index contributed by atoms with van der Waals surface area (Å²) in [6.07, 6.45) is 4.61. The van der Waals surface area contributed by atoms with Gasteiger partial charge in [-0.1, -0.05) is 19.8 Å². The molecular formula is C15H26N2O3. The first-order valence-corrected chi connectivity index (χ1v) is 7.72. The van der Waals surface area contributed by atoms with Gasteiger partial charge in [0, 0.05) is 12.0 Å². The average Bonchev–Trinajstić information content (AvgIpc) is 2.38. The van der Waals surface area contributed by atoms with E-state index in [1.54, 1.807) is 0 Å². The molecule has 2 rings (SSSR count). The van der Waals surface area contributed by atoms with Crippen LogP contribution in [-0.4, -0.2) is 35.1 Å². The summed E-state index contributed by atoms with van der Waals surface area (Å²) in [4.78, 5) is 24.1. The van der Waals surface area contributed by atoms with Crippen molar-refractivity contribution in [1.82, 2.24) is 10.6 Å². The molecule has 1 amide bonds. The van der Waals surface area contributed by atoms with Crippen LogP contribution in [0.4, 0.5) is 0 Å². The fraction of sp³-hybridized carbons (Fsp3) is 0.867. The van der Waals surface area contributed by atoms with Gasteiger partial charge >= 0.3 is 5.97 Å². The topological polar surface area (TPSA) is 78.4 Å². The fourth-order valence-electron chi connectivity index (χ4n) is 3.62. The van der Waals surface area contributed by atoms with Crippen LogP contribution in [0.1, 0.15) is 52.4 Å². The Morgan fingerprint density at radius 2 is 2.05 bits per heavy atom. The lowest BCUT2D eigenvalue weighted by atomic mass is 9.76. The van der Waals surface area contributed by atoms with Crippen molar-refractivity contribution >= 4 is 11.9 Å². The summed E-state index contributed by atoms with van der Waals surface area (Å²) in [7, 11) is 0. The minimum Gasteiger partial charge on any atom is -0.480 e. The number of carbonyl (C=O) groups excluding carboxylic acids is 1. The van der Waals surface area contributed by atoms with Crippen molar-refractivity contribution in [2.45, 2.75) is 64.0 Å². The molecule has 1 saturated carbocycles. The van der Waals surface area contributed by atoms with Crippen molar-refractivity contribution in [2.75, 3.05) is 6.54 Å². The van der Waals surface area contributed by atoms with E-state index in [4.69, 9.17) is 0 Å². The maximum absolute atomic E-state index is 12.4. The molecule has 3 N–H and O–H groups in total. The molecule has 4 unspecified atom stereocenters. The second kappa shape index (κ2) is 6.12. The Hall–Kier alpha value is -1.10. The standard InChI is InChI=1S/C15H26N2O3/c1-10-4-3-6-15(9-10,14(19)20)17-13(18)12-5-7-16-11(2)8-12/h10-12,16H,3-9H2,1-2H3,(H,17,18)(H,19,20). The van der Waals surface area contributed by atoms with Gasteiger partial charge in [-0.25, -0.2) is 4.79 Å². The normalized spacial score (nSPS) is 38.2. The zero-order valence-electron chi connectivity index (χ0n) is 12.4. The van der Waals surface area contributed by atoms with Gasteiger partial charge in [-0.3, -0.25) is 4.79 Å². The molecule has 0 bridgehead atoms. The summed E-state index contributed by atoms with van der Waals surface area (Å²) in [5.74, 6) is -0.652. The summed E-state index contributed by atoms with van der Waals surface area (Å²) >= 11 is 0. The molecule has 5 heteroatoms. The predicted molar refractivity (Wildman–Crippen MR) is 76.3 cm³/mol. The second-order valence-corrected chi connectivity index (χ2v) is 6.65. The van der Waals surface area contributed by atoms with Gasteiger partial charge in [0.2, 0.25) is 5.91 Å². The molecule has 5 nitrogen and oxygen atoms in total. The SMILES string of the molecule is CC1CCCC(NC(=O)C2CCNC(C)C2)(C(=O)O)C1. The zero-order chi connectivity index (χ0) is 14.8. The Balaban J connectivity index is 2.04. The summed E-state index contributed by atoms with van der Waals surface area (Å²) in [6.45, 7) is 4.96. The number of carbonyl (C=O) groups is 2. The molecule has 1 aliphatic heterocycles. The van der Waals surface area contributed by atoms with Gasteiger partial charge in [0.05, 0.1) is 0 Å². The van der Waals surface area contributed by atoms with E-state index in [1.165, 1.54) is 0 Å². The van der Waals surface area contributed by atoms with Crippen molar-refractivity contribution in [2.24, 2.45) is 11.8 Å². The number of hydrogen-bond donors (Lipinski definition) is 3. The molecule has 0 spiro atoms. The van der Waals surface area contributed by atoms with E-state index < -0.39 is 11.5 Å². The molecule has 1 saturated heterocycles. The Bertz CT molecular complexity index is 385. The highest BCUT2D eigenvalue weighted by molar-refractivity contribution is 5.88. The number of hydrogen-bond acceptors (Lipinski definition) is 3. The Kier molecular flexibility index (Phi) is 4.68. The molecule has 1 heterocycles. The number of carboxylic acids is 1. The predicted octanol–water partition coefficient (Wildman–Crippen LogP) is 1.52. The fourth-order valence-corrected chi connectivity index (χ4v) is 3.62. The third-order valence-corrected chi connectivity index (χ3v) is 4.76. The number of aliphatic carboxylic acids is 1. The first-order valence-electron chi connectivity index (χ1n) is 7.72. The molecule has 0 aromatic heterocycles. The highest BCUT2D eigenvalue weighted by Crippen LogP contribution is 2.33. The highest BCUT2D eigenvalue weighted by atomic mass is 16.4. The van der Waals surface area contributed by atoms with Crippen molar-refractivity contribution in [3.8, 4) is 0 Å². The van der Waals surface area contributed by atoms with Crippen LogP contribution in [-0.2, 0) is 9.59 Å². The zero-order valence-corrected chi connectivity index (χ0v) is 12.4. The van der Waals surface area contributed by atoms with Crippen LogP contribution in [0.3, 0.4) is 0 Å². The van der Waals surface area contributed by atoms with Gasteiger partial charge in [-0.15, -0.1) is 0 Å². The van der Waals surface area contributed by atoms with E-state index in [9.17, 15) is 14.7 Å².